The summed E-state index contributed by atoms with van der Waals surface area (Å²) in [5.74, 6) is -0.0853. The molecule has 0 unspecified atom stereocenters. The largest absolute Gasteiger partial charge is 0.484 e. The second-order valence-electron chi connectivity index (χ2n) is 6.38. The SMILES string of the molecule is Fc1cc(SC2CCCC2)c2cccnc2c1OCc1ccccc1. The van der Waals surface area contributed by atoms with E-state index >= 15 is 0 Å². The highest BCUT2D eigenvalue weighted by molar-refractivity contribution is 8.00. The lowest BCUT2D eigenvalue weighted by molar-refractivity contribution is 0.293. The third-order valence-electron chi connectivity index (χ3n) is 4.58. The summed E-state index contributed by atoms with van der Waals surface area (Å²) in [6.07, 6.45) is 6.66. The van der Waals surface area contributed by atoms with E-state index in [1.54, 1.807) is 24.0 Å². The van der Waals surface area contributed by atoms with Crippen molar-refractivity contribution in [1.29, 1.82) is 0 Å². The Hall–Kier alpha value is -2.07. The smallest absolute Gasteiger partial charge is 0.181 e. The molecular formula is C21H20FNOS. The predicted octanol–water partition coefficient (Wildman–Crippen LogP) is 5.99. The van der Waals surface area contributed by atoms with Gasteiger partial charge in [-0.2, -0.15) is 0 Å². The molecule has 0 N–H and O–H groups in total. The Kier molecular flexibility index (Phi) is 4.88. The molecule has 0 atom stereocenters. The van der Waals surface area contributed by atoms with Crippen LogP contribution in [0.5, 0.6) is 5.75 Å². The molecule has 1 heterocycles. The lowest BCUT2D eigenvalue weighted by Crippen LogP contribution is -2.01. The van der Waals surface area contributed by atoms with Crippen LogP contribution in [-0.4, -0.2) is 10.2 Å². The third-order valence-corrected chi connectivity index (χ3v) is 5.98. The maximum atomic E-state index is 14.8. The summed E-state index contributed by atoms with van der Waals surface area (Å²) in [6.45, 7) is 0.332. The number of fused-ring (bicyclic) bond motifs is 1. The normalized spacial score (nSPS) is 14.9. The average Bonchev–Trinajstić information content (AvgIpc) is 3.15. The Labute approximate surface area is 151 Å². The van der Waals surface area contributed by atoms with Gasteiger partial charge in [0.2, 0.25) is 0 Å². The molecule has 2 nitrogen and oxygen atoms in total. The van der Waals surface area contributed by atoms with Crippen molar-refractivity contribution in [2.75, 3.05) is 0 Å². The van der Waals surface area contributed by atoms with E-state index in [0.29, 0.717) is 17.4 Å². The Balaban J connectivity index is 1.66. The molecule has 0 aliphatic heterocycles. The first-order valence-corrected chi connectivity index (χ1v) is 9.60. The van der Waals surface area contributed by atoms with E-state index in [1.807, 2.05) is 42.5 Å². The molecule has 1 fully saturated rings. The molecular weight excluding hydrogens is 333 g/mol. The van der Waals surface area contributed by atoms with Gasteiger partial charge in [0.1, 0.15) is 12.1 Å². The molecule has 0 spiro atoms. The molecule has 1 aliphatic rings. The van der Waals surface area contributed by atoms with E-state index in [2.05, 4.69) is 4.98 Å². The van der Waals surface area contributed by atoms with Crippen molar-refractivity contribution in [3.05, 3.63) is 66.1 Å². The highest BCUT2D eigenvalue weighted by Crippen LogP contribution is 2.41. The fraction of sp³-hybridized carbons (Fsp3) is 0.286. The molecule has 128 valence electrons. The molecule has 1 saturated carbocycles. The lowest BCUT2D eigenvalue weighted by Gasteiger charge is -2.15. The summed E-state index contributed by atoms with van der Waals surface area (Å²) in [5, 5.41) is 1.56. The van der Waals surface area contributed by atoms with Crippen LogP contribution in [0, 0.1) is 5.82 Å². The fourth-order valence-corrected chi connectivity index (χ4v) is 4.70. The molecule has 0 amide bonds. The summed E-state index contributed by atoms with van der Waals surface area (Å²) >= 11 is 1.78. The van der Waals surface area contributed by atoms with Crippen molar-refractivity contribution in [2.45, 2.75) is 42.4 Å². The standard InChI is InChI=1S/C21H20FNOS/c22-18-13-19(25-16-9-4-5-10-16)17-11-6-12-23-20(17)21(18)24-14-15-7-2-1-3-8-15/h1-3,6-8,11-13,16H,4-5,9-10,14H2. The minimum absolute atomic E-state index is 0.246. The number of halogens is 1. The minimum atomic E-state index is -0.331. The third kappa shape index (κ3) is 3.64. The summed E-state index contributed by atoms with van der Waals surface area (Å²) in [5.41, 5.74) is 1.62. The molecule has 0 bridgehead atoms. The average molecular weight is 353 g/mol. The number of ether oxygens (including phenoxy) is 1. The van der Waals surface area contributed by atoms with Gasteiger partial charge in [0.05, 0.1) is 0 Å². The molecule has 0 saturated heterocycles. The van der Waals surface area contributed by atoms with Gasteiger partial charge in [-0.3, -0.25) is 4.98 Å². The van der Waals surface area contributed by atoms with E-state index in [4.69, 9.17) is 4.74 Å². The number of nitrogens with zero attached hydrogens (tertiary/aromatic N) is 1. The Morgan fingerprint density at radius 3 is 2.68 bits per heavy atom. The van der Waals surface area contributed by atoms with Gasteiger partial charge in [0.25, 0.3) is 0 Å². The second-order valence-corrected chi connectivity index (χ2v) is 7.73. The summed E-state index contributed by atoms with van der Waals surface area (Å²) in [4.78, 5) is 5.38. The van der Waals surface area contributed by atoms with Gasteiger partial charge in [-0.15, -0.1) is 11.8 Å². The van der Waals surface area contributed by atoms with Crippen LogP contribution in [0.1, 0.15) is 31.2 Å². The highest BCUT2D eigenvalue weighted by Gasteiger charge is 2.20. The van der Waals surface area contributed by atoms with Crippen LogP contribution >= 0.6 is 11.8 Å². The monoisotopic (exact) mass is 353 g/mol. The van der Waals surface area contributed by atoms with E-state index in [-0.39, 0.29) is 11.6 Å². The molecule has 1 aliphatic carbocycles. The number of pyridine rings is 1. The number of aromatic nitrogens is 1. The lowest BCUT2D eigenvalue weighted by atomic mass is 10.2. The summed E-state index contributed by atoms with van der Waals surface area (Å²) < 4.78 is 20.6. The zero-order valence-electron chi connectivity index (χ0n) is 14.0. The van der Waals surface area contributed by atoms with Crippen LogP contribution in [0.4, 0.5) is 4.39 Å². The topological polar surface area (TPSA) is 22.1 Å². The molecule has 1 aromatic heterocycles. The van der Waals surface area contributed by atoms with Crippen LogP contribution in [0.25, 0.3) is 10.9 Å². The quantitative estimate of drug-likeness (QED) is 0.563. The van der Waals surface area contributed by atoms with Gasteiger partial charge in [0.15, 0.2) is 11.6 Å². The van der Waals surface area contributed by atoms with E-state index in [9.17, 15) is 4.39 Å². The molecule has 4 heteroatoms. The molecule has 4 rings (SSSR count). The first kappa shape index (κ1) is 16.4. The minimum Gasteiger partial charge on any atom is -0.484 e. The fourth-order valence-electron chi connectivity index (χ4n) is 3.31. The highest BCUT2D eigenvalue weighted by atomic mass is 32.2. The van der Waals surface area contributed by atoms with Crippen molar-refractivity contribution in [3.8, 4) is 5.75 Å². The van der Waals surface area contributed by atoms with Crippen LogP contribution in [-0.2, 0) is 6.61 Å². The van der Waals surface area contributed by atoms with Crippen molar-refractivity contribution in [2.24, 2.45) is 0 Å². The van der Waals surface area contributed by atoms with Crippen molar-refractivity contribution in [1.82, 2.24) is 4.98 Å². The summed E-state index contributed by atoms with van der Waals surface area (Å²) in [6, 6.07) is 15.3. The van der Waals surface area contributed by atoms with E-state index in [1.165, 1.54) is 25.7 Å². The first-order valence-electron chi connectivity index (χ1n) is 8.72. The zero-order valence-corrected chi connectivity index (χ0v) is 14.8. The van der Waals surface area contributed by atoms with Gasteiger partial charge in [-0.05, 0) is 30.5 Å². The predicted molar refractivity (Wildman–Crippen MR) is 101 cm³/mol. The number of hydrogen-bond acceptors (Lipinski definition) is 3. The maximum absolute atomic E-state index is 14.8. The molecule has 2 aromatic carbocycles. The Morgan fingerprint density at radius 1 is 1.08 bits per heavy atom. The first-order chi connectivity index (χ1) is 12.3. The van der Waals surface area contributed by atoms with Crippen molar-refractivity contribution < 1.29 is 9.13 Å². The van der Waals surface area contributed by atoms with Crippen LogP contribution in [0.2, 0.25) is 0 Å². The van der Waals surface area contributed by atoms with E-state index in [0.717, 1.165) is 15.8 Å². The van der Waals surface area contributed by atoms with Gasteiger partial charge < -0.3 is 4.74 Å². The molecule has 0 radical (unpaired) electrons. The summed E-state index contributed by atoms with van der Waals surface area (Å²) in [7, 11) is 0. The van der Waals surface area contributed by atoms with Crippen LogP contribution in [0.3, 0.4) is 0 Å². The van der Waals surface area contributed by atoms with Gasteiger partial charge >= 0.3 is 0 Å². The van der Waals surface area contributed by atoms with Gasteiger partial charge in [-0.1, -0.05) is 49.2 Å². The Morgan fingerprint density at radius 2 is 1.88 bits per heavy atom. The maximum Gasteiger partial charge on any atom is 0.181 e. The second kappa shape index (κ2) is 7.44. The molecule has 25 heavy (non-hydrogen) atoms. The van der Waals surface area contributed by atoms with Crippen LogP contribution in [0.15, 0.2) is 59.6 Å². The van der Waals surface area contributed by atoms with Gasteiger partial charge in [-0.25, -0.2) is 4.39 Å². The number of rotatable bonds is 5. The van der Waals surface area contributed by atoms with Crippen LogP contribution < -0.4 is 4.74 Å². The van der Waals surface area contributed by atoms with Gasteiger partial charge in [0, 0.05) is 21.7 Å². The van der Waals surface area contributed by atoms with Crippen molar-refractivity contribution in [3.63, 3.8) is 0 Å². The van der Waals surface area contributed by atoms with Crippen molar-refractivity contribution >= 4 is 22.7 Å². The number of hydrogen-bond donors (Lipinski definition) is 0. The molecule has 3 aromatic rings. The number of thioether (sulfide) groups is 1. The van der Waals surface area contributed by atoms with E-state index < -0.39 is 0 Å². The number of benzene rings is 2. The zero-order chi connectivity index (χ0) is 17.1. The Bertz CT molecular complexity index is 862.